The van der Waals surface area contributed by atoms with Crippen molar-refractivity contribution in [3.63, 3.8) is 0 Å². The second-order valence-corrected chi connectivity index (χ2v) is 7.11. The van der Waals surface area contributed by atoms with Crippen LogP contribution in [0.3, 0.4) is 0 Å². The summed E-state index contributed by atoms with van der Waals surface area (Å²) in [5, 5.41) is 13.8. The molecule has 6 nitrogen and oxygen atoms in total. The molecule has 0 saturated heterocycles. The molecule has 3 aromatic rings. The van der Waals surface area contributed by atoms with Crippen molar-refractivity contribution in [1.82, 2.24) is 10.4 Å². The average Bonchev–Trinajstić information content (AvgIpc) is 2.79. The van der Waals surface area contributed by atoms with Crippen molar-refractivity contribution in [1.29, 1.82) is 0 Å². The van der Waals surface area contributed by atoms with E-state index in [4.69, 9.17) is 5.21 Å². The molecule has 0 aliphatic carbocycles. The van der Waals surface area contributed by atoms with Crippen molar-refractivity contribution in [3.05, 3.63) is 77.4 Å². The van der Waals surface area contributed by atoms with Gasteiger partial charge in [-0.2, -0.15) is 0 Å². The van der Waals surface area contributed by atoms with Gasteiger partial charge in [0.05, 0.1) is 0 Å². The summed E-state index contributed by atoms with van der Waals surface area (Å²) >= 11 is 0. The Morgan fingerprint density at radius 1 is 0.900 bits per heavy atom. The Bertz CT molecular complexity index is 1030. The number of hydrogen-bond acceptors (Lipinski definition) is 4. The number of nitrogens with one attached hydrogen (secondary N) is 2. The first-order valence-corrected chi connectivity index (χ1v) is 10.2. The minimum absolute atomic E-state index is 0.253. The average molecular weight is 405 g/mol. The molecule has 156 valence electrons. The van der Waals surface area contributed by atoms with Crippen LogP contribution in [0.25, 0.3) is 10.8 Å². The number of carbonyl (C=O) groups is 2. The van der Waals surface area contributed by atoms with Gasteiger partial charge in [-0.15, -0.1) is 0 Å². The Hall–Kier alpha value is -3.22. The van der Waals surface area contributed by atoms with Gasteiger partial charge in [-0.05, 0) is 60.8 Å². The van der Waals surface area contributed by atoms with Crippen molar-refractivity contribution in [3.8, 4) is 0 Å². The molecule has 30 heavy (non-hydrogen) atoms. The summed E-state index contributed by atoms with van der Waals surface area (Å²) in [6.07, 6.45) is 0.903. The Morgan fingerprint density at radius 2 is 1.53 bits per heavy atom. The first-order chi connectivity index (χ1) is 14.5. The molecule has 0 fully saturated rings. The second-order valence-electron chi connectivity index (χ2n) is 7.11. The Morgan fingerprint density at radius 3 is 2.17 bits per heavy atom. The van der Waals surface area contributed by atoms with Crippen LogP contribution in [0.1, 0.15) is 40.1 Å². The molecular weight excluding hydrogens is 378 g/mol. The van der Waals surface area contributed by atoms with Crippen LogP contribution in [-0.2, 0) is 6.42 Å². The van der Waals surface area contributed by atoms with Gasteiger partial charge in [-0.1, -0.05) is 44.2 Å². The van der Waals surface area contributed by atoms with Crippen molar-refractivity contribution in [2.24, 2.45) is 0 Å². The molecule has 0 saturated carbocycles. The van der Waals surface area contributed by atoms with Gasteiger partial charge in [-0.25, -0.2) is 5.48 Å². The molecule has 0 atom stereocenters. The fourth-order valence-electron chi connectivity index (χ4n) is 3.48. The SMILES string of the molecule is CCN(CC)CCc1cc(NC(=O)c2ccc(C(=O)NO)cc2)c2ccccc2c1. The number of carbonyl (C=O) groups excluding carboxylic acids is 2. The van der Waals surface area contributed by atoms with Crippen molar-refractivity contribution in [2.45, 2.75) is 20.3 Å². The van der Waals surface area contributed by atoms with Gasteiger partial charge in [0, 0.05) is 28.7 Å². The number of anilines is 1. The van der Waals surface area contributed by atoms with Crippen LogP contribution in [0, 0.1) is 0 Å². The maximum absolute atomic E-state index is 12.8. The highest BCUT2D eigenvalue weighted by atomic mass is 16.5. The van der Waals surface area contributed by atoms with Gasteiger partial charge < -0.3 is 10.2 Å². The third kappa shape index (κ3) is 5.03. The number of rotatable bonds is 8. The minimum atomic E-state index is -0.617. The van der Waals surface area contributed by atoms with E-state index in [1.54, 1.807) is 17.6 Å². The fraction of sp³-hybridized carbons (Fsp3) is 0.250. The number of fused-ring (bicyclic) bond motifs is 1. The van der Waals surface area contributed by atoms with Gasteiger partial charge >= 0.3 is 0 Å². The largest absolute Gasteiger partial charge is 0.321 e. The van der Waals surface area contributed by atoms with Crippen LogP contribution in [-0.4, -0.2) is 41.6 Å². The number of nitrogens with zero attached hydrogens (tertiary/aromatic N) is 1. The predicted octanol–water partition coefficient (Wildman–Crippen LogP) is 4.10. The lowest BCUT2D eigenvalue weighted by Crippen LogP contribution is -2.25. The Kier molecular flexibility index (Phi) is 7.17. The lowest BCUT2D eigenvalue weighted by atomic mass is 10.0. The van der Waals surface area contributed by atoms with Crippen molar-refractivity contribution in [2.75, 3.05) is 25.0 Å². The van der Waals surface area contributed by atoms with Crippen molar-refractivity contribution >= 4 is 28.3 Å². The highest BCUT2D eigenvalue weighted by molar-refractivity contribution is 6.09. The number of benzene rings is 3. The minimum Gasteiger partial charge on any atom is -0.321 e. The molecule has 3 rings (SSSR count). The summed E-state index contributed by atoms with van der Waals surface area (Å²) in [4.78, 5) is 26.6. The molecule has 0 aromatic heterocycles. The second kappa shape index (κ2) is 10.0. The highest BCUT2D eigenvalue weighted by Gasteiger charge is 2.12. The Balaban J connectivity index is 1.85. The summed E-state index contributed by atoms with van der Waals surface area (Å²) < 4.78 is 0. The van der Waals surface area contributed by atoms with E-state index in [2.05, 4.69) is 30.1 Å². The zero-order valence-corrected chi connectivity index (χ0v) is 17.3. The van der Waals surface area contributed by atoms with E-state index < -0.39 is 5.91 Å². The molecule has 3 aromatic carbocycles. The highest BCUT2D eigenvalue weighted by Crippen LogP contribution is 2.26. The molecule has 0 heterocycles. The van der Waals surface area contributed by atoms with Crippen molar-refractivity contribution < 1.29 is 14.8 Å². The molecule has 3 N–H and O–H groups in total. The van der Waals surface area contributed by atoms with Crippen LogP contribution in [0.2, 0.25) is 0 Å². The summed E-state index contributed by atoms with van der Waals surface area (Å²) in [5.74, 6) is -0.870. The molecule has 0 unspecified atom stereocenters. The molecule has 0 aliphatic rings. The monoisotopic (exact) mass is 405 g/mol. The lowest BCUT2D eigenvalue weighted by molar-refractivity contribution is 0.0706. The Labute approximate surface area is 176 Å². The van der Waals surface area contributed by atoms with Crippen LogP contribution in [0.15, 0.2) is 60.7 Å². The van der Waals surface area contributed by atoms with E-state index in [1.165, 1.54) is 17.7 Å². The van der Waals surface area contributed by atoms with Gasteiger partial charge in [0.15, 0.2) is 0 Å². The molecule has 0 bridgehead atoms. The van der Waals surface area contributed by atoms with E-state index in [9.17, 15) is 9.59 Å². The lowest BCUT2D eigenvalue weighted by Gasteiger charge is -2.18. The van der Waals surface area contributed by atoms with Crippen LogP contribution >= 0.6 is 0 Å². The van der Waals surface area contributed by atoms with Crippen LogP contribution < -0.4 is 10.8 Å². The summed E-state index contributed by atoms with van der Waals surface area (Å²) in [6.45, 7) is 7.30. The van der Waals surface area contributed by atoms with E-state index in [1.807, 2.05) is 30.3 Å². The molecule has 0 radical (unpaired) electrons. The molecule has 6 heteroatoms. The number of hydroxylamine groups is 1. The smallest absolute Gasteiger partial charge is 0.274 e. The summed E-state index contributed by atoms with van der Waals surface area (Å²) in [5.41, 5.74) is 4.23. The summed E-state index contributed by atoms with van der Waals surface area (Å²) in [6, 6.07) is 18.3. The van der Waals surface area contributed by atoms with Gasteiger partial charge in [0.25, 0.3) is 11.8 Å². The van der Waals surface area contributed by atoms with Gasteiger partial charge in [0.2, 0.25) is 0 Å². The van der Waals surface area contributed by atoms with E-state index in [0.29, 0.717) is 5.56 Å². The third-order valence-corrected chi connectivity index (χ3v) is 5.29. The fourth-order valence-corrected chi connectivity index (χ4v) is 3.48. The maximum Gasteiger partial charge on any atom is 0.274 e. The van der Waals surface area contributed by atoms with Crippen LogP contribution in [0.5, 0.6) is 0 Å². The maximum atomic E-state index is 12.8. The van der Waals surface area contributed by atoms with E-state index in [0.717, 1.165) is 42.5 Å². The normalized spacial score (nSPS) is 10.9. The van der Waals surface area contributed by atoms with E-state index in [-0.39, 0.29) is 11.5 Å². The van der Waals surface area contributed by atoms with E-state index >= 15 is 0 Å². The van der Waals surface area contributed by atoms with Crippen LogP contribution in [0.4, 0.5) is 5.69 Å². The standard InChI is InChI=1S/C24H27N3O3/c1-3-27(4-2)14-13-17-15-20-7-5-6-8-21(20)22(16-17)25-23(28)18-9-11-19(12-10-18)24(29)26-30/h5-12,15-16,30H,3-4,13-14H2,1-2H3,(H,25,28)(H,26,29). The molecule has 0 aliphatic heterocycles. The zero-order valence-electron chi connectivity index (χ0n) is 17.3. The first kappa shape index (κ1) is 21.5. The summed E-state index contributed by atoms with van der Waals surface area (Å²) in [7, 11) is 0. The third-order valence-electron chi connectivity index (χ3n) is 5.29. The first-order valence-electron chi connectivity index (χ1n) is 10.2. The number of hydrogen-bond donors (Lipinski definition) is 3. The zero-order chi connectivity index (χ0) is 21.5. The predicted molar refractivity (Wildman–Crippen MR) is 119 cm³/mol. The topological polar surface area (TPSA) is 81.7 Å². The molecular formula is C24H27N3O3. The van der Waals surface area contributed by atoms with Gasteiger partial charge in [0.1, 0.15) is 0 Å². The molecule has 2 amide bonds. The molecule has 0 spiro atoms. The number of amides is 2. The number of likely N-dealkylation sites (N-methyl/N-ethyl adjacent to an activating group) is 1. The van der Waals surface area contributed by atoms with Gasteiger partial charge in [-0.3, -0.25) is 14.8 Å². The quantitative estimate of drug-likeness (QED) is 0.389.